The van der Waals surface area contributed by atoms with E-state index in [1.807, 2.05) is 59.2 Å². The predicted octanol–water partition coefficient (Wildman–Crippen LogP) is 5.34. The van der Waals surface area contributed by atoms with Gasteiger partial charge in [0.1, 0.15) is 17.6 Å². The van der Waals surface area contributed by atoms with Crippen LogP contribution in [0, 0.1) is 0 Å². The van der Waals surface area contributed by atoms with Gasteiger partial charge in [-0.15, -0.1) is 0 Å². The first-order valence-electron chi connectivity index (χ1n) is 12.6. The zero-order valence-electron chi connectivity index (χ0n) is 21.2. The fourth-order valence-corrected chi connectivity index (χ4v) is 4.73. The molecule has 0 saturated heterocycles. The van der Waals surface area contributed by atoms with Crippen molar-refractivity contribution in [1.82, 2.24) is 14.1 Å². The number of benzene rings is 2. The fraction of sp³-hybridized carbons (Fsp3) is 0.276. The van der Waals surface area contributed by atoms with Crippen molar-refractivity contribution in [2.24, 2.45) is 0 Å². The van der Waals surface area contributed by atoms with E-state index in [-0.39, 0.29) is 18.2 Å². The highest BCUT2D eigenvalue weighted by Gasteiger charge is 2.25. The lowest BCUT2D eigenvalue weighted by molar-refractivity contribution is -0.119. The standard InChI is InChI=1S/C29H31ClN4O4/c1-2-3-11-26-32-27(30)25(19-35)34(26)18-21-12-14-22(15-13-21)31-28(36)24(17-20-8-5-4-6-9-20)33-16-7-10-23(33)29(37)38/h4-10,12-16,24,35H,2-3,11,17-19H2,1H3,(H,31,36)(H,37,38). The van der Waals surface area contributed by atoms with Crippen LogP contribution in [0.3, 0.4) is 0 Å². The molecule has 2 aromatic heterocycles. The van der Waals surface area contributed by atoms with Crippen molar-refractivity contribution in [1.29, 1.82) is 0 Å². The van der Waals surface area contributed by atoms with Crippen LogP contribution < -0.4 is 5.32 Å². The Labute approximate surface area is 226 Å². The van der Waals surface area contributed by atoms with E-state index < -0.39 is 12.0 Å². The number of aromatic nitrogens is 3. The summed E-state index contributed by atoms with van der Waals surface area (Å²) >= 11 is 6.26. The quantitative estimate of drug-likeness (QED) is 0.227. The van der Waals surface area contributed by atoms with Crippen LogP contribution in [0.2, 0.25) is 5.15 Å². The maximum Gasteiger partial charge on any atom is 0.352 e. The zero-order valence-corrected chi connectivity index (χ0v) is 21.9. The predicted molar refractivity (Wildman–Crippen MR) is 147 cm³/mol. The Kier molecular flexibility index (Phi) is 8.99. The fourth-order valence-electron chi connectivity index (χ4n) is 4.47. The largest absolute Gasteiger partial charge is 0.477 e. The molecule has 2 heterocycles. The summed E-state index contributed by atoms with van der Waals surface area (Å²) in [6.45, 7) is 2.40. The van der Waals surface area contributed by atoms with Gasteiger partial charge in [-0.3, -0.25) is 4.79 Å². The van der Waals surface area contributed by atoms with Crippen LogP contribution in [0.1, 0.15) is 58.9 Å². The number of rotatable bonds is 12. The highest BCUT2D eigenvalue weighted by molar-refractivity contribution is 6.30. The van der Waals surface area contributed by atoms with Gasteiger partial charge in [-0.1, -0.05) is 67.4 Å². The van der Waals surface area contributed by atoms with Crippen LogP contribution in [0.4, 0.5) is 5.69 Å². The number of amides is 1. The Balaban J connectivity index is 1.53. The number of imidazole rings is 1. The molecule has 8 nitrogen and oxygen atoms in total. The molecule has 4 rings (SSSR count). The number of hydrogen-bond acceptors (Lipinski definition) is 4. The number of aliphatic hydroxyl groups excluding tert-OH is 1. The number of carbonyl (C=O) groups excluding carboxylic acids is 1. The third kappa shape index (κ3) is 6.33. The molecule has 1 unspecified atom stereocenters. The number of carboxylic acid groups (broad SMARTS) is 1. The van der Waals surface area contributed by atoms with E-state index in [9.17, 15) is 19.8 Å². The van der Waals surface area contributed by atoms with E-state index in [4.69, 9.17) is 11.6 Å². The summed E-state index contributed by atoms with van der Waals surface area (Å²) in [6, 6.07) is 19.3. The van der Waals surface area contributed by atoms with E-state index in [0.29, 0.717) is 29.5 Å². The van der Waals surface area contributed by atoms with Crippen molar-refractivity contribution in [2.75, 3.05) is 5.32 Å². The van der Waals surface area contributed by atoms with Crippen molar-refractivity contribution in [3.05, 3.63) is 106 Å². The van der Waals surface area contributed by atoms with Crippen LogP contribution in [0.5, 0.6) is 0 Å². The van der Waals surface area contributed by atoms with Gasteiger partial charge in [0, 0.05) is 31.3 Å². The van der Waals surface area contributed by atoms with Gasteiger partial charge in [0.05, 0.1) is 12.3 Å². The highest BCUT2D eigenvalue weighted by atomic mass is 35.5. The zero-order chi connectivity index (χ0) is 27.1. The van der Waals surface area contributed by atoms with E-state index >= 15 is 0 Å². The second-order valence-corrected chi connectivity index (χ2v) is 9.47. The van der Waals surface area contributed by atoms with Gasteiger partial charge in [0.2, 0.25) is 5.91 Å². The Morgan fingerprint density at radius 3 is 2.42 bits per heavy atom. The molecule has 198 valence electrons. The maximum absolute atomic E-state index is 13.4. The van der Waals surface area contributed by atoms with Crippen LogP contribution in [0.15, 0.2) is 72.9 Å². The first kappa shape index (κ1) is 27.2. The average molecular weight is 535 g/mol. The normalized spacial score (nSPS) is 11.9. The molecule has 0 aliphatic heterocycles. The smallest absolute Gasteiger partial charge is 0.352 e. The van der Waals surface area contributed by atoms with Gasteiger partial charge < -0.3 is 24.7 Å². The van der Waals surface area contributed by atoms with Gasteiger partial charge in [-0.05, 0) is 41.8 Å². The Morgan fingerprint density at radius 1 is 1.03 bits per heavy atom. The van der Waals surface area contributed by atoms with E-state index in [1.165, 1.54) is 10.6 Å². The van der Waals surface area contributed by atoms with Crippen molar-refractivity contribution in [3.8, 4) is 0 Å². The number of carbonyl (C=O) groups is 2. The number of nitrogens with one attached hydrogen (secondary N) is 1. The Hall–Kier alpha value is -3.88. The minimum atomic E-state index is -1.09. The molecule has 4 aromatic rings. The van der Waals surface area contributed by atoms with Gasteiger partial charge in [-0.25, -0.2) is 9.78 Å². The molecule has 0 bridgehead atoms. The monoisotopic (exact) mass is 534 g/mol. The van der Waals surface area contributed by atoms with Crippen LogP contribution in [-0.2, 0) is 30.8 Å². The molecule has 2 aromatic carbocycles. The van der Waals surface area contributed by atoms with Crippen molar-refractivity contribution in [3.63, 3.8) is 0 Å². The van der Waals surface area contributed by atoms with Crippen molar-refractivity contribution in [2.45, 2.75) is 51.8 Å². The van der Waals surface area contributed by atoms with Crippen LogP contribution in [-0.4, -0.2) is 36.2 Å². The lowest BCUT2D eigenvalue weighted by Gasteiger charge is -2.21. The number of nitrogens with zero attached hydrogens (tertiary/aromatic N) is 3. The molecular formula is C29H31ClN4O4. The minimum absolute atomic E-state index is 0.0500. The summed E-state index contributed by atoms with van der Waals surface area (Å²) in [5.74, 6) is -0.570. The van der Waals surface area contributed by atoms with Gasteiger partial charge in [0.25, 0.3) is 0 Å². The first-order valence-corrected chi connectivity index (χ1v) is 13.0. The van der Waals surface area contributed by atoms with Gasteiger partial charge in [0.15, 0.2) is 5.15 Å². The number of aliphatic hydroxyl groups is 1. The molecule has 0 spiro atoms. The number of aryl methyl sites for hydroxylation is 1. The van der Waals surface area contributed by atoms with E-state index in [2.05, 4.69) is 17.2 Å². The molecular weight excluding hydrogens is 504 g/mol. The summed E-state index contributed by atoms with van der Waals surface area (Å²) in [5.41, 5.74) is 3.11. The van der Waals surface area contributed by atoms with Crippen molar-refractivity contribution >= 4 is 29.2 Å². The molecule has 0 aliphatic rings. The SMILES string of the molecule is CCCCc1nc(Cl)c(CO)n1Cc1ccc(NC(=O)C(Cc2ccccc2)n2cccc2C(=O)O)cc1. The molecule has 1 atom stereocenters. The summed E-state index contributed by atoms with van der Waals surface area (Å²) in [6.07, 6.45) is 4.72. The van der Waals surface area contributed by atoms with Gasteiger partial charge >= 0.3 is 5.97 Å². The Bertz CT molecular complexity index is 1380. The summed E-state index contributed by atoms with van der Waals surface area (Å²) in [4.78, 5) is 29.6. The number of unbranched alkanes of at least 4 members (excludes halogenated alkanes) is 1. The van der Waals surface area contributed by atoms with E-state index in [1.54, 1.807) is 12.3 Å². The maximum atomic E-state index is 13.4. The molecule has 1 amide bonds. The molecule has 0 aliphatic carbocycles. The van der Waals surface area contributed by atoms with Crippen LogP contribution >= 0.6 is 11.6 Å². The molecule has 9 heteroatoms. The lowest BCUT2D eigenvalue weighted by Crippen LogP contribution is -2.29. The molecule has 38 heavy (non-hydrogen) atoms. The third-order valence-corrected chi connectivity index (χ3v) is 6.78. The van der Waals surface area contributed by atoms with E-state index in [0.717, 1.165) is 36.2 Å². The second-order valence-electron chi connectivity index (χ2n) is 9.11. The molecule has 0 radical (unpaired) electrons. The first-order chi connectivity index (χ1) is 18.4. The number of anilines is 1. The topological polar surface area (TPSA) is 109 Å². The number of aromatic carboxylic acids is 1. The minimum Gasteiger partial charge on any atom is -0.477 e. The van der Waals surface area contributed by atoms with Gasteiger partial charge in [-0.2, -0.15) is 0 Å². The number of carboxylic acids is 1. The molecule has 0 fully saturated rings. The number of hydrogen-bond donors (Lipinski definition) is 3. The summed E-state index contributed by atoms with van der Waals surface area (Å²) < 4.78 is 3.44. The molecule has 0 saturated carbocycles. The van der Waals surface area contributed by atoms with Crippen molar-refractivity contribution < 1.29 is 19.8 Å². The summed E-state index contributed by atoms with van der Waals surface area (Å²) in [5, 5.41) is 22.7. The average Bonchev–Trinajstić information content (AvgIpc) is 3.52. The Morgan fingerprint density at radius 2 is 1.76 bits per heavy atom. The number of halogens is 1. The molecule has 3 N–H and O–H groups in total. The van der Waals surface area contributed by atoms with Crippen LogP contribution in [0.25, 0.3) is 0 Å². The second kappa shape index (κ2) is 12.6. The highest BCUT2D eigenvalue weighted by Crippen LogP contribution is 2.23. The summed E-state index contributed by atoms with van der Waals surface area (Å²) in [7, 11) is 0. The lowest BCUT2D eigenvalue weighted by atomic mass is 10.0. The third-order valence-electron chi connectivity index (χ3n) is 6.48.